The van der Waals surface area contributed by atoms with Gasteiger partial charge in [-0.2, -0.15) is 5.10 Å². The summed E-state index contributed by atoms with van der Waals surface area (Å²) in [5, 5.41) is 24.3. The van der Waals surface area contributed by atoms with Gasteiger partial charge < -0.3 is 14.4 Å². The molecule has 0 bridgehead atoms. The summed E-state index contributed by atoms with van der Waals surface area (Å²) in [6.07, 6.45) is 1.84. The molecule has 1 N–H and O–H groups in total. The molecule has 1 aliphatic heterocycles. The fraction of sp³-hybridized carbons (Fsp3) is 0.733. The van der Waals surface area contributed by atoms with Crippen LogP contribution in [0.3, 0.4) is 0 Å². The number of aromatic nitrogens is 2. The highest BCUT2D eigenvalue weighted by Crippen LogP contribution is 2.39. The van der Waals surface area contributed by atoms with E-state index in [-0.39, 0.29) is 29.4 Å². The molecule has 0 spiro atoms. The van der Waals surface area contributed by atoms with Crippen LogP contribution in [0.4, 0.5) is 10.5 Å². The maximum Gasteiger partial charge on any atom is 0.407 e. The van der Waals surface area contributed by atoms with E-state index in [9.17, 15) is 20.0 Å². The Morgan fingerprint density at radius 3 is 2.56 bits per heavy atom. The Labute approximate surface area is 147 Å². The first-order chi connectivity index (χ1) is 11.4. The lowest BCUT2D eigenvalue weighted by Crippen LogP contribution is -2.52. The van der Waals surface area contributed by atoms with Crippen molar-refractivity contribution in [3.63, 3.8) is 0 Å². The highest BCUT2D eigenvalue weighted by molar-refractivity contribution is 6.74. The summed E-state index contributed by atoms with van der Waals surface area (Å²) in [5.74, 6) is 0. The normalized spacial score (nSPS) is 22.0. The van der Waals surface area contributed by atoms with Gasteiger partial charge in [-0.05, 0) is 24.6 Å². The molecular weight excluding hydrogens is 344 g/mol. The maximum atomic E-state index is 11.5. The summed E-state index contributed by atoms with van der Waals surface area (Å²) in [6, 6.07) is -0.284. The van der Waals surface area contributed by atoms with Crippen molar-refractivity contribution in [1.82, 2.24) is 14.7 Å². The third-order valence-electron chi connectivity index (χ3n) is 5.10. The van der Waals surface area contributed by atoms with Crippen molar-refractivity contribution >= 4 is 20.1 Å². The summed E-state index contributed by atoms with van der Waals surface area (Å²) in [4.78, 5) is 23.2. The Hall–Kier alpha value is -1.94. The molecule has 9 nitrogen and oxygen atoms in total. The van der Waals surface area contributed by atoms with E-state index in [0.29, 0.717) is 13.0 Å². The molecule has 1 aromatic heterocycles. The van der Waals surface area contributed by atoms with E-state index in [0.717, 1.165) is 0 Å². The number of carboxylic acid groups (broad SMARTS) is 1. The monoisotopic (exact) mass is 370 g/mol. The topological polar surface area (TPSA) is 111 Å². The molecule has 1 aromatic rings. The van der Waals surface area contributed by atoms with Crippen LogP contribution in [-0.2, 0) is 4.43 Å². The zero-order chi connectivity index (χ0) is 19.0. The number of amides is 1. The second-order valence-electron chi connectivity index (χ2n) is 8.01. The molecule has 1 saturated heterocycles. The molecule has 2 rings (SSSR count). The number of nitrogens with zero attached hydrogens (tertiary/aromatic N) is 4. The first-order valence-electron chi connectivity index (χ1n) is 8.25. The standard InChI is InChI=1S/C15H26N4O5Si/c1-15(2,3)25(4,5)24-13-6-11(8-17(10-13)14(20)21)18-9-12(7-16-18)19(22)23/h7,9,11,13H,6,8,10H2,1-5H3,(H,20,21). The average Bonchev–Trinajstić information content (AvgIpc) is 2.95. The number of hydrogen-bond acceptors (Lipinski definition) is 5. The van der Waals surface area contributed by atoms with Gasteiger partial charge in [0.15, 0.2) is 8.32 Å². The van der Waals surface area contributed by atoms with Crippen LogP contribution in [0.2, 0.25) is 18.1 Å². The van der Waals surface area contributed by atoms with E-state index in [1.54, 1.807) is 0 Å². The van der Waals surface area contributed by atoms with Crippen molar-refractivity contribution in [1.29, 1.82) is 0 Å². The third-order valence-corrected chi connectivity index (χ3v) is 9.64. The second kappa shape index (κ2) is 6.75. The van der Waals surface area contributed by atoms with Crippen LogP contribution in [0.15, 0.2) is 12.4 Å². The lowest BCUT2D eigenvalue weighted by atomic mass is 10.0. The lowest BCUT2D eigenvalue weighted by Gasteiger charge is -2.43. The van der Waals surface area contributed by atoms with Gasteiger partial charge >= 0.3 is 11.8 Å². The first kappa shape index (κ1) is 19.4. The lowest BCUT2D eigenvalue weighted by molar-refractivity contribution is -0.385. The van der Waals surface area contributed by atoms with Crippen molar-refractivity contribution in [2.24, 2.45) is 0 Å². The van der Waals surface area contributed by atoms with Gasteiger partial charge in [-0.3, -0.25) is 14.8 Å². The number of likely N-dealkylation sites (tertiary alicyclic amines) is 1. The molecule has 0 aliphatic carbocycles. The number of carbonyl (C=O) groups is 1. The van der Waals surface area contributed by atoms with Gasteiger partial charge in [0.2, 0.25) is 0 Å². The van der Waals surface area contributed by atoms with Crippen molar-refractivity contribution in [3.05, 3.63) is 22.5 Å². The second-order valence-corrected chi connectivity index (χ2v) is 12.8. The molecule has 25 heavy (non-hydrogen) atoms. The molecule has 0 saturated carbocycles. The van der Waals surface area contributed by atoms with Crippen LogP contribution < -0.4 is 0 Å². The van der Waals surface area contributed by atoms with Gasteiger partial charge in [0.25, 0.3) is 0 Å². The SMILES string of the molecule is CC(C)(C)[Si](C)(C)OC1CC(n2cc([N+](=O)[O-])cn2)CN(C(=O)O)C1. The Morgan fingerprint density at radius 1 is 1.44 bits per heavy atom. The highest BCUT2D eigenvalue weighted by Gasteiger charge is 2.42. The van der Waals surface area contributed by atoms with Crippen LogP contribution >= 0.6 is 0 Å². The minimum absolute atomic E-state index is 0.0124. The van der Waals surface area contributed by atoms with Gasteiger partial charge in [-0.15, -0.1) is 0 Å². The number of nitro groups is 1. The predicted molar refractivity (Wildman–Crippen MR) is 94.2 cm³/mol. The zero-order valence-electron chi connectivity index (χ0n) is 15.3. The maximum absolute atomic E-state index is 11.5. The summed E-state index contributed by atoms with van der Waals surface area (Å²) < 4.78 is 7.87. The molecule has 0 radical (unpaired) electrons. The molecule has 1 aliphatic rings. The van der Waals surface area contributed by atoms with Crippen LogP contribution in [0, 0.1) is 10.1 Å². The summed E-state index contributed by atoms with van der Waals surface area (Å²) >= 11 is 0. The van der Waals surface area contributed by atoms with Crippen molar-refractivity contribution in [2.45, 2.75) is 57.5 Å². The van der Waals surface area contributed by atoms with E-state index >= 15 is 0 Å². The highest BCUT2D eigenvalue weighted by atomic mass is 28.4. The number of piperidine rings is 1. The van der Waals surface area contributed by atoms with Crippen LogP contribution in [0.1, 0.15) is 33.2 Å². The summed E-state index contributed by atoms with van der Waals surface area (Å²) in [5.41, 5.74) is -0.102. The van der Waals surface area contributed by atoms with Gasteiger partial charge in [-0.25, -0.2) is 4.79 Å². The Morgan fingerprint density at radius 2 is 2.08 bits per heavy atom. The first-order valence-corrected chi connectivity index (χ1v) is 11.2. The fourth-order valence-electron chi connectivity index (χ4n) is 2.68. The molecule has 10 heteroatoms. The smallest absolute Gasteiger partial charge is 0.407 e. The Bertz CT molecular complexity index is 655. The molecule has 0 aromatic carbocycles. The third kappa shape index (κ3) is 4.37. The predicted octanol–water partition coefficient (Wildman–Crippen LogP) is 3.11. The average molecular weight is 370 g/mol. The molecule has 2 unspecified atom stereocenters. The van der Waals surface area contributed by atoms with Gasteiger partial charge in [0.05, 0.1) is 17.1 Å². The van der Waals surface area contributed by atoms with Crippen molar-refractivity contribution in [2.75, 3.05) is 13.1 Å². The van der Waals surface area contributed by atoms with Gasteiger partial charge in [0.1, 0.15) is 12.4 Å². The molecule has 1 fully saturated rings. The van der Waals surface area contributed by atoms with E-state index in [1.165, 1.54) is 22.0 Å². The van der Waals surface area contributed by atoms with Crippen molar-refractivity contribution < 1.29 is 19.3 Å². The quantitative estimate of drug-likeness (QED) is 0.495. The van der Waals surface area contributed by atoms with E-state index < -0.39 is 19.3 Å². The van der Waals surface area contributed by atoms with Crippen LogP contribution in [0.5, 0.6) is 0 Å². The van der Waals surface area contributed by atoms with Crippen LogP contribution in [0.25, 0.3) is 0 Å². The molecule has 140 valence electrons. The number of hydrogen-bond donors (Lipinski definition) is 1. The van der Waals surface area contributed by atoms with Gasteiger partial charge in [-0.1, -0.05) is 20.8 Å². The number of rotatable bonds is 4. The van der Waals surface area contributed by atoms with E-state index in [4.69, 9.17) is 4.43 Å². The summed E-state index contributed by atoms with van der Waals surface area (Å²) in [7, 11) is -2.06. The van der Waals surface area contributed by atoms with Crippen molar-refractivity contribution in [3.8, 4) is 0 Å². The summed E-state index contributed by atoms with van der Waals surface area (Å²) in [6.45, 7) is 11.2. The Balaban J connectivity index is 2.21. The van der Waals surface area contributed by atoms with Crippen LogP contribution in [-0.4, -0.2) is 58.3 Å². The van der Waals surface area contributed by atoms with Gasteiger partial charge in [0, 0.05) is 13.1 Å². The van der Waals surface area contributed by atoms with E-state index in [2.05, 4.69) is 39.0 Å². The molecule has 1 amide bonds. The molecular formula is C15H26N4O5Si. The fourth-order valence-corrected chi connectivity index (χ4v) is 4.03. The Kier molecular flexibility index (Phi) is 5.24. The van der Waals surface area contributed by atoms with E-state index in [1.807, 2.05) is 0 Å². The zero-order valence-corrected chi connectivity index (χ0v) is 16.3. The largest absolute Gasteiger partial charge is 0.465 e. The minimum Gasteiger partial charge on any atom is -0.465 e. The minimum atomic E-state index is -2.06. The molecule has 2 heterocycles. The molecule has 2 atom stereocenters.